The first kappa shape index (κ1) is 17.2. The van der Waals surface area contributed by atoms with Crippen molar-refractivity contribution in [3.8, 4) is 0 Å². The Labute approximate surface area is 150 Å². The maximum absolute atomic E-state index is 11.8. The van der Waals surface area contributed by atoms with E-state index in [2.05, 4.69) is 27.4 Å². The number of nitrogens with one attached hydrogen (secondary N) is 1. The van der Waals surface area contributed by atoms with Crippen LogP contribution in [-0.4, -0.2) is 27.7 Å². The van der Waals surface area contributed by atoms with Crippen molar-refractivity contribution in [2.45, 2.75) is 51.7 Å². The zero-order chi connectivity index (χ0) is 17.3. The first-order valence-electron chi connectivity index (χ1n) is 7.91. The lowest BCUT2D eigenvalue weighted by Crippen LogP contribution is -2.39. The summed E-state index contributed by atoms with van der Waals surface area (Å²) in [5.74, 6) is 0. The number of carbonyl (C=O) groups excluding carboxylic acids is 1. The smallest absolute Gasteiger partial charge is 0.407 e. The molecule has 2 aromatic heterocycles. The molecule has 0 radical (unpaired) electrons. The Balaban J connectivity index is 1.65. The van der Waals surface area contributed by atoms with E-state index in [1.54, 1.807) is 17.5 Å². The number of halogens is 1. The van der Waals surface area contributed by atoms with E-state index in [4.69, 9.17) is 16.3 Å². The summed E-state index contributed by atoms with van der Waals surface area (Å²) in [6.45, 7) is 5.59. The van der Waals surface area contributed by atoms with Crippen LogP contribution < -0.4 is 5.32 Å². The van der Waals surface area contributed by atoms with Gasteiger partial charge < -0.3 is 10.1 Å². The average Bonchev–Trinajstić information content (AvgIpc) is 2.89. The molecule has 2 aromatic rings. The number of fused-ring (bicyclic) bond motifs is 1. The fourth-order valence-corrected chi connectivity index (χ4v) is 3.85. The third kappa shape index (κ3) is 4.24. The highest BCUT2D eigenvalue weighted by Gasteiger charge is 2.22. The molecule has 1 amide bonds. The minimum absolute atomic E-state index is 0.115. The van der Waals surface area contributed by atoms with Crippen molar-refractivity contribution < 1.29 is 9.53 Å². The third-order valence-corrected chi connectivity index (χ3v) is 4.94. The van der Waals surface area contributed by atoms with E-state index < -0.39 is 5.60 Å². The van der Waals surface area contributed by atoms with Crippen molar-refractivity contribution >= 4 is 45.0 Å². The summed E-state index contributed by atoms with van der Waals surface area (Å²) in [5, 5.41) is 3.35. The van der Waals surface area contributed by atoms with Gasteiger partial charge in [-0.15, -0.1) is 11.3 Å². The summed E-state index contributed by atoms with van der Waals surface area (Å²) < 4.78 is 5.31. The third-order valence-electron chi connectivity index (χ3n) is 3.66. The molecule has 1 N–H and O–H groups in total. The van der Waals surface area contributed by atoms with Crippen molar-refractivity contribution in [1.82, 2.24) is 15.3 Å². The molecule has 1 aliphatic rings. The molecule has 128 valence electrons. The molecule has 24 heavy (non-hydrogen) atoms. The van der Waals surface area contributed by atoms with Gasteiger partial charge in [-0.3, -0.25) is 4.98 Å². The molecule has 0 saturated carbocycles. The number of ether oxygens (including phenoxy) is 1. The Morgan fingerprint density at radius 2 is 2.25 bits per heavy atom. The van der Waals surface area contributed by atoms with Crippen LogP contribution in [0.2, 0.25) is 5.15 Å². The van der Waals surface area contributed by atoms with Crippen LogP contribution >= 0.6 is 22.9 Å². The molecule has 7 heteroatoms. The Morgan fingerprint density at radius 3 is 2.92 bits per heavy atom. The van der Waals surface area contributed by atoms with Gasteiger partial charge in [0.15, 0.2) is 0 Å². The normalized spacial score (nSPS) is 18.3. The first-order chi connectivity index (χ1) is 11.3. The van der Waals surface area contributed by atoms with E-state index in [9.17, 15) is 4.79 Å². The molecule has 0 bridgehead atoms. The van der Waals surface area contributed by atoms with Crippen molar-refractivity contribution in [2.24, 2.45) is 0 Å². The van der Waals surface area contributed by atoms with Crippen LogP contribution in [0.4, 0.5) is 4.79 Å². The van der Waals surface area contributed by atoms with Crippen LogP contribution in [0, 0.1) is 0 Å². The first-order valence-corrected chi connectivity index (χ1v) is 9.10. The fourth-order valence-electron chi connectivity index (χ4n) is 2.61. The van der Waals surface area contributed by atoms with Crippen LogP contribution in [0.1, 0.15) is 44.9 Å². The van der Waals surface area contributed by atoms with E-state index in [1.165, 1.54) is 10.5 Å². The van der Waals surface area contributed by atoms with Crippen LogP contribution in [0.15, 0.2) is 18.3 Å². The Morgan fingerprint density at radius 1 is 1.46 bits per heavy atom. The Kier molecular flexibility index (Phi) is 4.78. The van der Waals surface area contributed by atoms with E-state index in [1.807, 2.05) is 20.8 Å². The van der Waals surface area contributed by atoms with Crippen LogP contribution in [0.3, 0.4) is 0 Å². The average molecular weight is 366 g/mol. The Bertz CT molecular complexity index is 795. The highest BCUT2D eigenvalue weighted by Crippen LogP contribution is 2.34. The number of hydrogen-bond donors (Lipinski definition) is 1. The number of allylic oxidation sites excluding steroid dienone is 1. The van der Waals surface area contributed by atoms with Crippen LogP contribution in [0.5, 0.6) is 0 Å². The number of thiophene rings is 1. The van der Waals surface area contributed by atoms with Crippen molar-refractivity contribution in [3.05, 3.63) is 28.4 Å². The van der Waals surface area contributed by atoms with Gasteiger partial charge in [-0.1, -0.05) is 17.7 Å². The van der Waals surface area contributed by atoms with E-state index in [-0.39, 0.29) is 12.1 Å². The number of aromatic nitrogens is 2. The molecule has 1 unspecified atom stereocenters. The zero-order valence-electron chi connectivity index (χ0n) is 13.9. The molecular formula is C17H20ClN3O2S. The zero-order valence-corrected chi connectivity index (χ0v) is 15.5. The van der Waals surface area contributed by atoms with Gasteiger partial charge in [0.1, 0.15) is 21.1 Å². The number of amides is 1. The summed E-state index contributed by atoms with van der Waals surface area (Å²) in [7, 11) is 0. The fraction of sp³-hybridized carbons (Fsp3) is 0.471. The number of hydrogen-bond acceptors (Lipinski definition) is 5. The Hall–Kier alpha value is -1.66. The van der Waals surface area contributed by atoms with Gasteiger partial charge in [-0.05, 0) is 51.7 Å². The summed E-state index contributed by atoms with van der Waals surface area (Å²) in [6.07, 6.45) is 5.98. The summed E-state index contributed by atoms with van der Waals surface area (Å²) in [4.78, 5) is 22.5. The van der Waals surface area contributed by atoms with Gasteiger partial charge >= 0.3 is 6.09 Å². The molecule has 3 rings (SSSR count). The number of nitrogens with zero attached hydrogens (tertiary/aromatic N) is 2. The maximum atomic E-state index is 11.8. The quantitative estimate of drug-likeness (QED) is 0.829. The molecule has 0 aromatic carbocycles. The SMILES string of the molecule is CC(C)(C)OC(=O)NC1CC=C(c2cc3ncc(Cl)nc3s2)CC1. The highest BCUT2D eigenvalue weighted by atomic mass is 35.5. The second-order valence-electron chi connectivity index (χ2n) is 6.84. The highest BCUT2D eigenvalue weighted by molar-refractivity contribution is 7.19. The molecule has 1 aliphatic carbocycles. The predicted octanol–water partition coefficient (Wildman–Crippen LogP) is 4.81. The molecule has 2 heterocycles. The summed E-state index contributed by atoms with van der Waals surface area (Å²) in [5.41, 5.74) is 1.67. The van der Waals surface area contributed by atoms with Gasteiger partial charge in [0, 0.05) is 10.9 Å². The number of carbonyl (C=O) groups is 1. The lowest BCUT2D eigenvalue weighted by atomic mass is 9.94. The van der Waals surface area contributed by atoms with Gasteiger partial charge in [0.2, 0.25) is 0 Å². The van der Waals surface area contributed by atoms with Gasteiger partial charge in [-0.2, -0.15) is 0 Å². The van der Waals surface area contributed by atoms with Crippen molar-refractivity contribution in [2.75, 3.05) is 0 Å². The monoisotopic (exact) mass is 365 g/mol. The number of rotatable bonds is 2. The minimum Gasteiger partial charge on any atom is -0.444 e. The predicted molar refractivity (Wildman–Crippen MR) is 97.4 cm³/mol. The van der Waals surface area contributed by atoms with Crippen molar-refractivity contribution in [3.63, 3.8) is 0 Å². The summed E-state index contributed by atoms with van der Waals surface area (Å²) >= 11 is 7.50. The van der Waals surface area contributed by atoms with Gasteiger partial charge in [0.05, 0.1) is 6.20 Å². The maximum Gasteiger partial charge on any atom is 0.407 e. The molecule has 5 nitrogen and oxygen atoms in total. The van der Waals surface area contributed by atoms with Gasteiger partial charge in [-0.25, -0.2) is 9.78 Å². The minimum atomic E-state index is -0.474. The molecule has 0 fully saturated rings. The van der Waals surface area contributed by atoms with E-state index >= 15 is 0 Å². The summed E-state index contributed by atoms with van der Waals surface area (Å²) in [6, 6.07) is 2.17. The van der Waals surface area contributed by atoms with E-state index in [0.717, 1.165) is 29.6 Å². The van der Waals surface area contributed by atoms with Crippen molar-refractivity contribution in [1.29, 1.82) is 0 Å². The standard InChI is InChI=1S/C17H20ClN3O2S/c1-17(2,3)23-16(22)20-11-6-4-10(5-7-11)13-8-12-15(24-13)21-14(18)9-19-12/h4,8-9,11H,5-7H2,1-3H3,(H,20,22). The molecular weight excluding hydrogens is 346 g/mol. The van der Waals surface area contributed by atoms with Crippen LogP contribution in [0.25, 0.3) is 15.9 Å². The lowest BCUT2D eigenvalue weighted by Gasteiger charge is -2.25. The topological polar surface area (TPSA) is 64.1 Å². The van der Waals surface area contributed by atoms with Gasteiger partial charge in [0.25, 0.3) is 0 Å². The van der Waals surface area contributed by atoms with Crippen LogP contribution in [-0.2, 0) is 4.74 Å². The lowest BCUT2D eigenvalue weighted by molar-refractivity contribution is 0.0502. The molecule has 1 atom stereocenters. The number of alkyl carbamates (subject to hydrolysis) is 1. The second-order valence-corrected chi connectivity index (χ2v) is 8.26. The second kappa shape index (κ2) is 6.69. The molecule has 0 aliphatic heterocycles. The molecule has 0 spiro atoms. The largest absolute Gasteiger partial charge is 0.444 e. The molecule has 0 saturated heterocycles. The van der Waals surface area contributed by atoms with E-state index in [0.29, 0.717) is 5.15 Å².